The van der Waals surface area contributed by atoms with Gasteiger partial charge in [0.05, 0.1) is 4.75 Å². The molecule has 6 nitrogen and oxygen atoms in total. The fourth-order valence-corrected chi connectivity index (χ4v) is 4.25. The maximum atomic E-state index is 12.0. The summed E-state index contributed by atoms with van der Waals surface area (Å²) >= 11 is 0. The van der Waals surface area contributed by atoms with E-state index in [0.717, 1.165) is 25.7 Å². The molecule has 23 heavy (non-hydrogen) atoms. The van der Waals surface area contributed by atoms with Crippen LogP contribution in [0, 0.1) is 0 Å². The Hall–Kier alpha value is -0.630. The lowest BCUT2D eigenvalue weighted by Crippen LogP contribution is -2.51. The van der Waals surface area contributed by atoms with Crippen LogP contribution in [0.15, 0.2) is 4.99 Å². The molecule has 0 aromatic rings. The average Bonchev–Trinajstić information content (AvgIpc) is 2.49. The van der Waals surface area contributed by atoms with Crippen molar-refractivity contribution in [3.05, 3.63) is 0 Å². The fourth-order valence-electron chi connectivity index (χ4n) is 2.57. The van der Waals surface area contributed by atoms with Crippen LogP contribution in [-0.2, 0) is 20.6 Å². The van der Waals surface area contributed by atoms with Gasteiger partial charge in [0.1, 0.15) is 0 Å². The largest absolute Gasteiger partial charge is 0.355 e. The molecule has 1 rings (SSSR count). The van der Waals surface area contributed by atoms with Crippen LogP contribution in [0.1, 0.15) is 46.5 Å². The molecule has 1 aliphatic rings. The monoisotopic (exact) mass is 365 g/mol. The van der Waals surface area contributed by atoms with Gasteiger partial charge in [-0.3, -0.25) is 9.20 Å². The van der Waals surface area contributed by atoms with Crippen LogP contribution >= 0.6 is 0 Å². The lowest BCUT2D eigenvalue weighted by molar-refractivity contribution is 0.412. The lowest BCUT2D eigenvalue weighted by atomic mass is 9.95. The number of aliphatic imine (C=N–C) groups is 1. The van der Waals surface area contributed by atoms with Gasteiger partial charge in [0.25, 0.3) is 0 Å². The number of hydrogen-bond acceptors (Lipinski definition) is 4. The third kappa shape index (κ3) is 6.06. The topological polar surface area (TPSA) is 87.6 Å². The van der Waals surface area contributed by atoms with Crippen LogP contribution in [0.5, 0.6) is 0 Å². The summed E-state index contributed by atoms with van der Waals surface area (Å²) in [4.78, 5) is 4.18. The molecule has 0 radical (unpaired) electrons. The minimum absolute atomic E-state index is 0.233. The van der Waals surface area contributed by atoms with Crippen molar-refractivity contribution in [2.75, 3.05) is 25.6 Å². The molecule has 1 fully saturated rings. The summed E-state index contributed by atoms with van der Waals surface area (Å²) in [6.45, 7) is 5.65. The van der Waals surface area contributed by atoms with Gasteiger partial charge in [-0.05, 0) is 33.1 Å². The molecule has 3 unspecified atom stereocenters. The maximum Gasteiger partial charge on any atom is 0.191 e. The van der Waals surface area contributed by atoms with E-state index in [0.29, 0.717) is 18.3 Å². The SMILES string of the molecule is CCS(=O)C1CCCC(NC(=NC)NCC(C)(C)S(C)(=O)=O)C1. The molecular formula is C15H31N3O3S2. The van der Waals surface area contributed by atoms with E-state index in [4.69, 9.17) is 0 Å². The van der Waals surface area contributed by atoms with Crippen molar-refractivity contribution in [1.29, 1.82) is 0 Å². The molecule has 0 saturated heterocycles. The van der Waals surface area contributed by atoms with Crippen molar-refractivity contribution in [3.63, 3.8) is 0 Å². The van der Waals surface area contributed by atoms with Crippen LogP contribution in [0.2, 0.25) is 0 Å². The number of nitrogens with zero attached hydrogens (tertiary/aromatic N) is 1. The van der Waals surface area contributed by atoms with Gasteiger partial charge in [-0.1, -0.05) is 13.3 Å². The van der Waals surface area contributed by atoms with Gasteiger partial charge >= 0.3 is 0 Å². The molecule has 0 spiro atoms. The summed E-state index contributed by atoms with van der Waals surface area (Å²) in [5, 5.41) is 6.70. The lowest BCUT2D eigenvalue weighted by Gasteiger charge is -2.31. The van der Waals surface area contributed by atoms with Crippen molar-refractivity contribution in [1.82, 2.24) is 10.6 Å². The van der Waals surface area contributed by atoms with Crippen molar-refractivity contribution in [2.45, 2.75) is 62.5 Å². The van der Waals surface area contributed by atoms with Crippen LogP contribution in [-0.4, -0.2) is 60.2 Å². The van der Waals surface area contributed by atoms with Crippen LogP contribution in [0.4, 0.5) is 0 Å². The van der Waals surface area contributed by atoms with E-state index in [1.165, 1.54) is 6.26 Å². The van der Waals surface area contributed by atoms with Gasteiger partial charge < -0.3 is 10.6 Å². The standard InChI is InChI=1S/C15H31N3O3S2/c1-6-22(19)13-9-7-8-12(10-13)18-14(16-4)17-11-15(2,3)23(5,20)21/h12-13H,6-11H2,1-5H3,(H2,16,17,18). The Morgan fingerprint density at radius 1 is 1.35 bits per heavy atom. The van der Waals surface area contributed by atoms with Gasteiger partial charge in [-0.2, -0.15) is 0 Å². The first-order chi connectivity index (χ1) is 10.6. The molecule has 0 amide bonds. The van der Waals surface area contributed by atoms with E-state index < -0.39 is 25.4 Å². The second kappa shape index (κ2) is 8.46. The molecule has 0 heterocycles. The molecule has 1 saturated carbocycles. The van der Waals surface area contributed by atoms with E-state index in [1.807, 2.05) is 6.92 Å². The average molecular weight is 366 g/mol. The Labute approximate surface area is 143 Å². The van der Waals surface area contributed by atoms with E-state index in [1.54, 1.807) is 20.9 Å². The normalized spacial score (nSPS) is 25.0. The van der Waals surface area contributed by atoms with Crippen molar-refractivity contribution in [3.8, 4) is 0 Å². The second-order valence-corrected chi connectivity index (χ2v) is 11.4. The van der Waals surface area contributed by atoms with E-state index in [9.17, 15) is 12.6 Å². The summed E-state index contributed by atoms with van der Waals surface area (Å²) in [7, 11) is -2.23. The molecular weight excluding hydrogens is 334 g/mol. The summed E-state index contributed by atoms with van der Waals surface area (Å²) in [6.07, 6.45) is 5.21. The van der Waals surface area contributed by atoms with E-state index in [-0.39, 0.29) is 11.3 Å². The number of guanidine groups is 1. The molecule has 8 heteroatoms. The van der Waals surface area contributed by atoms with Gasteiger partial charge in [-0.25, -0.2) is 8.42 Å². The van der Waals surface area contributed by atoms with Crippen molar-refractivity contribution in [2.24, 2.45) is 4.99 Å². The second-order valence-electron chi connectivity index (χ2n) is 6.76. The van der Waals surface area contributed by atoms with Crippen LogP contribution in [0.3, 0.4) is 0 Å². The quantitative estimate of drug-likeness (QED) is 0.543. The number of rotatable bonds is 6. The van der Waals surface area contributed by atoms with Crippen molar-refractivity contribution >= 4 is 26.6 Å². The highest BCUT2D eigenvalue weighted by atomic mass is 32.2. The zero-order chi connectivity index (χ0) is 17.7. The highest BCUT2D eigenvalue weighted by molar-refractivity contribution is 7.92. The first-order valence-corrected chi connectivity index (χ1v) is 11.4. The molecule has 0 aliphatic heterocycles. The Bertz CT molecular complexity index is 544. The van der Waals surface area contributed by atoms with E-state index >= 15 is 0 Å². The summed E-state index contributed by atoms with van der Waals surface area (Å²) in [5.41, 5.74) is 0. The smallest absolute Gasteiger partial charge is 0.191 e. The number of sulfone groups is 1. The minimum Gasteiger partial charge on any atom is -0.355 e. The Morgan fingerprint density at radius 3 is 2.52 bits per heavy atom. The van der Waals surface area contributed by atoms with Crippen LogP contribution in [0.25, 0.3) is 0 Å². The third-order valence-corrected chi connectivity index (χ3v) is 8.42. The number of nitrogens with one attached hydrogen (secondary N) is 2. The fraction of sp³-hybridized carbons (Fsp3) is 0.933. The predicted octanol–water partition coefficient (Wildman–Crippen LogP) is 1.05. The predicted molar refractivity (Wildman–Crippen MR) is 98.1 cm³/mol. The first-order valence-electron chi connectivity index (χ1n) is 8.14. The molecule has 3 atom stereocenters. The van der Waals surface area contributed by atoms with E-state index in [2.05, 4.69) is 15.6 Å². The zero-order valence-electron chi connectivity index (χ0n) is 14.9. The van der Waals surface area contributed by atoms with Crippen LogP contribution < -0.4 is 10.6 Å². The van der Waals surface area contributed by atoms with Gasteiger partial charge in [-0.15, -0.1) is 0 Å². The molecule has 0 aromatic heterocycles. The first kappa shape index (κ1) is 20.4. The molecule has 136 valence electrons. The highest BCUT2D eigenvalue weighted by Gasteiger charge is 2.31. The molecule has 0 aromatic carbocycles. The Kier molecular flexibility index (Phi) is 7.51. The summed E-state index contributed by atoms with van der Waals surface area (Å²) in [6, 6.07) is 0.233. The number of hydrogen-bond donors (Lipinski definition) is 2. The molecule has 0 bridgehead atoms. The Morgan fingerprint density at radius 2 is 2.00 bits per heavy atom. The minimum atomic E-state index is -3.15. The maximum absolute atomic E-state index is 12.0. The summed E-state index contributed by atoms with van der Waals surface area (Å²) < 4.78 is 34.7. The van der Waals surface area contributed by atoms with Gasteiger partial charge in [0, 0.05) is 47.7 Å². The zero-order valence-corrected chi connectivity index (χ0v) is 16.5. The molecule has 2 N–H and O–H groups in total. The van der Waals surface area contributed by atoms with Crippen molar-refractivity contribution < 1.29 is 12.6 Å². The highest BCUT2D eigenvalue weighted by Crippen LogP contribution is 2.23. The van der Waals surface area contributed by atoms with Gasteiger partial charge in [0.2, 0.25) is 0 Å². The summed E-state index contributed by atoms with van der Waals surface area (Å²) in [5.74, 6) is 1.31. The Balaban J connectivity index is 2.59. The molecule has 1 aliphatic carbocycles. The van der Waals surface area contributed by atoms with Gasteiger partial charge in [0.15, 0.2) is 15.8 Å². The third-order valence-electron chi connectivity index (χ3n) is 4.53.